The number of nitrogens with zero attached hydrogens (tertiary/aromatic N) is 1. The number of aliphatic hydroxyl groups excluding tert-OH is 1. The molecule has 0 radical (unpaired) electrons. The number of aryl methyl sites for hydroxylation is 3. The quantitative estimate of drug-likeness (QED) is 0.671. The lowest BCUT2D eigenvalue weighted by atomic mass is 10.1. The summed E-state index contributed by atoms with van der Waals surface area (Å²) >= 11 is 1.11. The van der Waals surface area contributed by atoms with E-state index >= 15 is 0 Å². The van der Waals surface area contributed by atoms with Crippen molar-refractivity contribution in [1.29, 1.82) is 0 Å². The maximum Gasteiger partial charge on any atom is 0.250 e. The lowest BCUT2D eigenvalue weighted by Crippen LogP contribution is -2.24. The smallest absolute Gasteiger partial charge is 0.250 e. The van der Waals surface area contributed by atoms with Crippen LogP contribution in [0.25, 0.3) is 0 Å². The van der Waals surface area contributed by atoms with Crippen LogP contribution in [-0.4, -0.2) is 30.3 Å². The molecule has 6 nitrogen and oxygen atoms in total. The van der Waals surface area contributed by atoms with Crippen LogP contribution in [0.3, 0.4) is 0 Å². The molecule has 0 aliphatic heterocycles. The first-order valence-electron chi connectivity index (χ1n) is 6.62. The summed E-state index contributed by atoms with van der Waals surface area (Å²) in [6, 6.07) is 1.60. The van der Waals surface area contributed by atoms with Gasteiger partial charge >= 0.3 is 0 Å². The predicted molar refractivity (Wildman–Crippen MR) is 81.8 cm³/mol. The van der Waals surface area contributed by atoms with Gasteiger partial charge in [0.1, 0.15) is 4.21 Å². The zero-order valence-corrected chi connectivity index (χ0v) is 13.6. The second-order valence-corrected chi connectivity index (χ2v) is 7.98. The SMILES string of the molecule is Cc1cc(S(=O)(=O)NCCCc2cn[nH]c2C)sc1CO. The fraction of sp³-hybridized carbons (Fsp3) is 0.462. The van der Waals surface area contributed by atoms with Gasteiger partial charge in [0.25, 0.3) is 0 Å². The highest BCUT2D eigenvalue weighted by molar-refractivity contribution is 7.91. The Morgan fingerprint density at radius 2 is 2.19 bits per heavy atom. The average Bonchev–Trinajstić information content (AvgIpc) is 3.01. The van der Waals surface area contributed by atoms with Crippen LogP contribution in [0.1, 0.15) is 28.1 Å². The Bertz CT molecular complexity index is 704. The Kier molecular flexibility index (Phi) is 5.15. The van der Waals surface area contributed by atoms with E-state index in [4.69, 9.17) is 5.11 Å². The Balaban J connectivity index is 1.90. The topological polar surface area (TPSA) is 95.1 Å². The van der Waals surface area contributed by atoms with E-state index in [1.807, 2.05) is 6.92 Å². The normalized spacial score (nSPS) is 12.0. The lowest BCUT2D eigenvalue weighted by Gasteiger charge is -2.04. The summed E-state index contributed by atoms with van der Waals surface area (Å²) in [6.07, 6.45) is 3.24. The van der Waals surface area contributed by atoms with Gasteiger partial charge in [-0.1, -0.05) is 0 Å². The molecule has 0 fully saturated rings. The van der Waals surface area contributed by atoms with Crippen molar-refractivity contribution in [1.82, 2.24) is 14.9 Å². The van der Waals surface area contributed by atoms with E-state index in [1.54, 1.807) is 19.2 Å². The lowest BCUT2D eigenvalue weighted by molar-refractivity contribution is 0.285. The number of thiophene rings is 1. The third-order valence-corrected chi connectivity index (χ3v) is 6.41. The number of hydrogen-bond acceptors (Lipinski definition) is 5. The summed E-state index contributed by atoms with van der Waals surface area (Å²) in [7, 11) is -3.49. The van der Waals surface area contributed by atoms with Gasteiger partial charge in [0.2, 0.25) is 10.0 Å². The maximum absolute atomic E-state index is 12.1. The molecule has 0 unspecified atom stereocenters. The van der Waals surface area contributed by atoms with Gasteiger partial charge in [0.15, 0.2) is 0 Å². The first-order chi connectivity index (χ1) is 9.94. The van der Waals surface area contributed by atoms with E-state index in [0.717, 1.165) is 34.6 Å². The highest BCUT2D eigenvalue weighted by Crippen LogP contribution is 2.25. The van der Waals surface area contributed by atoms with Crippen molar-refractivity contribution < 1.29 is 13.5 Å². The largest absolute Gasteiger partial charge is 0.391 e. The van der Waals surface area contributed by atoms with Crippen molar-refractivity contribution in [2.24, 2.45) is 0 Å². The minimum absolute atomic E-state index is 0.133. The number of hydrogen-bond donors (Lipinski definition) is 3. The zero-order chi connectivity index (χ0) is 15.5. The highest BCUT2D eigenvalue weighted by Gasteiger charge is 2.18. The summed E-state index contributed by atoms with van der Waals surface area (Å²) in [5, 5.41) is 15.9. The monoisotopic (exact) mass is 329 g/mol. The second-order valence-electron chi connectivity index (χ2n) is 4.85. The van der Waals surface area contributed by atoms with Gasteiger partial charge in [-0.25, -0.2) is 13.1 Å². The standard InChI is InChI=1S/C13H19N3O3S2/c1-9-6-13(20-12(9)8-17)21(18,19)15-5-3-4-11-7-14-16-10(11)2/h6-7,15,17H,3-5,8H2,1-2H3,(H,14,16). The van der Waals surface area contributed by atoms with E-state index in [1.165, 1.54) is 0 Å². The molecule has 0 atom stereocenters. The number of rotatable bonds is 7. The summed E-state index contributed by atoms with van der Waals surface area (Å²) in [4.78, 5) is 0.685. The van der Waals surface area contributed by atoms with E-state index in [-0.39, 0.29) is 10.8 Å². The molecule has 8 heteroatoms. The molecule has 0 bridgehead atoms. The van der Waals surface area contributed by atoms with Gasteiger partial charge in [-0.15, -0.1) is 11.3 Å². The molecular weight excluding hydrogens is 310 g/mol. The summed E-state index contributed by atoms with van der Waals surface area (Å²) in [6.45, 7) is 3.98. The molecule has 2 aromatic heterocycles. The number of aliphatic hydroxyl groups is 1. The molecule has 3 N–H and O–H groups in total. The number of aromatic amines is 1. The van der Waals surface area contributed by atoms with Crippen molar-refractivity contribution in [3.63, 3.8) is 0 Å². The van der Waals surface area contributed by atoms with Gasteiger partial charge in [0.05, 0.1) is 12.8 Å². The van der Waals surface area contributed by atoms with Crippen molar-refractivity contribution >= 4 is 21.4 Å². The van der Waals surface area contributed by atoms with Crippen molar-refractivity contribution in [2.75, 3.05) is 6.54 Å². The molecule has 2 rings (SSSR count). The second kappa shape index (κ2) is 6.69. The molecule has 0 aromatic carbocycles. The van der Waals surface area contributed by atoms with Gasteiger partial charge in [0, 0.05) is 17.1 Å². The van der Waals surface area contributed by atoms with Crippen LogP contribution in [0, 0.1) is 13.8 Å². The van der Waals surface area contributed by atoms with Gasteiger partial charge in [-0.2, -0.15) is 5.10 Å². The molecular formula is C13H19N3O3S2. The molecule has 0 aliphatic rings. The summed E-state index contributed by atoms with van der Waals surface area (Å²) < 4.78 is 27.1. The maximum atomic E-state index is 12.1. The van der Waals surface area contributed by atoms with Crippen molar-refractivity contribution in [3.8, 4) is 0 Å². The molecule has 0 saturated carbocycles. The molecule has 116 valence electrons. The first kappa shape index (κ1) is 16.2. The van der Waals surface area contributed by atoms with Crippen LogP contribution in [0.5, 0.6) is 0 Å². The van der Waals surface area contributed by atoms with E-state index in [0.29, 0.717) is 17.8 Å². The van der Waals surface area contributed by atoms with E-state index in [9.17, 15) is 8.42 Å². The molecule has 2 aromatic rings. The molecule has 21 heavy (non-hydrogen) atoms. The minimum Gasteiger partial charge on any atom is -0.391 e. The van der Waals surface area contributed by atoms with Gasteiger partial charge in [-0.3, -0.25) is 5.10 Å². The molecule has 2 heterocycles. The molecule has 0 amide bonds. The Hall–Kier alpha value is -1.22. The minimum atomic E-state index is -3.49. The highest BCUT2D eigenvalue weighted by atomic mass is 32.2. The molecule has 0 spiro atoms. The predicted octanol–water partition coefficient (Wildman–Crippen LogP) is 1.49. The van der Waals surface area contributed by atoms with Gasteiger partial charge < -0.3 is 5.11 Å². The molecule has 0 aliphatic carbocycles. The Morgan fingerprint density at radius 1 is 1.43 bits per heavy atom. The summed E-state index contributed by atoms with van der Waals surface area (Å²) in [5.41, 5.74) is 2.92. The van der Waals surface area contributed by atoms with E-state index < -0.39 is 10.0 Å². The fourth-order valence-corrected chi connectivity index (χ4v) is 4.53. The number of nitrogens with one attached hydrogen (secondary N) is 2. The van der Waals surface area contributed by atoms with Gasteiger partial charge in [-0.05, 0) is 43.9 Å². The Labute approximate surface area is 128 Å². The summed E-state index contributed by atoms with van der Waals surface area (Å²) in [5.74, 6) is 0. The van der Waals surface area contributed by atoms with Crippen molar-refractivity contribution in [2.45, 2.75) is 37.5 Å². The molecule has 0 saturated heterocycles. The number of sulfonamides is 1. The number of H-pyrrole nitrogens is 1. The van der Waals surface area contributed by atoms with Crippen LogP contribution in [0.4, 0.5) is 0 Å². The fourth-order valence-electron chi connectivity index (χ4n) is 1.96. The Morgan fingerprint density at radius 3 is 2.76 bits per heavy atom. The third kappa shape index (κ3) is 3.91. The zero-order valence-electron chi connectivity index (χ0n) is 12.0. The number of aromatic nitrogens is 2. The first-order valence-corrected chi connectivity index (χ1v) is 8.92. The van der Waals surface area contributed by atoms with E-state index in [2.05, 4.69) is 14.9 Å². The average molecular weight is 329 g/mol. The van der Waals surface area contributed by atoms with Crippen LogP contribution in [-0.2, 0) is 23.1 Å². The van der Waals surface area contributed by atoms with Crippen LogP contribution < -0.4 is 4.72 Å². The van der Waals surface area contributed by atoms with Crippen LogP contribution in [0.15, 0.2) is 16.5 Å². The van der Waals surface area contributed by atoms with Crippen LogP contribution in [0.2, 0.25) is 0 Å². The van der Waals surface area contributed by atoms with Crippen molar-refractivity contribution in [3.05, 3.63) is 34.0 Å². The third-order valence-electron chi connectivity index (χ3n) is 3.26. The van der Waals surface area contributed by atoms with Crippen LogP contribution >= 0.6 is 11.3 Å².